The van der Waals surface area contributed by atoms with Crippen molar-refractivity contribution in [2.24, 2.45) is 0 Å². The molecular weight excluding hydrogens is 303 g/mol. The van der Waals surface area contributed by atoms with E-state index in [4.69, 9.17) is 33.0 Å². The van der Waals surface area contributed by atoms with Crippen LogP contribution in [0.4, 0.5) is 0 Å². The summed E-state index contributed by atoms with van der Waals surface area (Å²) >= 11 is 11.8. The highest BCUT2D eigenvalue weighted by molar-refractivity contribution is 6.36. The Morgan fingerprint density at radius 3 is 2.80 bits per heavy atom. The Morgan fingerprint density at radius 1 is 1.45 bits per heavy atom. The Balaban J connectivity index is 2.13. The lowest BCUT2D eigenvalue weighted by molar-refractivity contribution is 0.0692. The van der Waals surface area contributed by atoms with E-state index < -0.39 is 5.97 Å². The van der Waals surface area contributed by atoms with Crippen LogP contribution in [0.3, 0.4) is 0 Å². The predicted octanol–water partition coefficient (Wildman–Crippen LogP) is 3.28. The molecule has 0 fully saturated rings. The Labute approximate surface area is 125 Å². The average Bonchev–Trinajstić information content (AvgIpc) is 2.77. The minimum Gasteiger partial charge on any atom is -0.489 e. The summed E-state index contributed by atoms with van der Waals surface area (Å²) in [6, 6.07) is 2.76. The van der Waals surface area contributed by atoms with Crippen molar-refractivity contribution in [2.75, 3.05) is 6.61 Å². The molecule has 2 rings (SSSR count). The number of carboxylic acids is 1. The standard InChI is InChI=1S/C13H12Cl2N2O3/c1-8-16-2-3-17(8)4-5-20-12-10(13(18)19)6-9(14)7-11(12)15/h2-3,6-7H,4-5H2,1H3,(H,18,19). The van der Waals surface area contributed by atoms with Crippen molar-refractivity contribution in [3.8, 4) is 5.75 Å². The topological polar surface area (TPSA) is 64.4 Å². The Bertz CT molecular complexity index is 641. The highest BCUT2D eigenvalue weighted by atomic mass is 35.5. The fraction of sp³-hybridized carbons (Fsp3) is 0.231. The minimum atomic E-state index is -1.14. The summed E-state index contributed by atoms with van der Waals surface area (Å²) in [5, 5.41) is 9.56. The molecule has 1 aromatic heterocycles. The lowest BCUT2D eigenvalue weighted by atomic mass is 10.2. The van der Waals surface area contributed by atoms with Crippen LogP contribution in [0.2, 0.25) is 10.0 Å². The molecule has 20 heavy (non-hydrogen) atoms. The molecule has 0 radical (unpaired) electrons. The van der Waals surface area contributed by atoms with Crippen LogP contribution in [0.25, 0.3) is 0 Å². The van der Waals surface area contributed by atoms with Gasteiger partial charge in [-0.1, -0.05) is 23.2 Å². The van der Waals surface area contributed by atoms with Gasteiger partial charge in [0.05, 0.1) is 11.6 Å². The van der Waals surface area contributed by atoms with Crippen molar-refractivity contribution in [1.29, 1.82) is 0 Å². The van der Waals surface area contributed by atoms with Gasteiger partial charge in [0.2, 0.25) is 0 Å². The highest BCUT2D eigenvalue weighted by Gasteiger charge is 2.16. The fourth-order valence-electron chi connectivity index (χ4n) is 1.75. The number of hydrogen-bond donors (Lipinski definition) is 1. The number of nitrogens with zero attached hydrogens (tertiary/aromatic N) is 2. The maximum absolute atomic E-state index is 11.2. The molecule has 2 aromatic rings. The molecule has 0 saturated heterocycles. The van der Waals surface area contributed by atoms with E-state index in [1.165, 1.54) is 12.1 Å². The zero-order valence-electron chi connectivity index (χ0n) is 10.6. The van der Waals surface area contributed by atoms with Crippen molar-refractivity contribution in [3.63, 3.8) is 0 Å². The van der Waals surface area contributed by atoms with Crippen LogP contribution in [-0.2, 0) is 6.54 Å². The number of hydrogen-bond acceptors (Lipinski definition) is 3. The van der Waals surface area contributed by atoms with Crippen molar-refractivity contribution in [1.82, 2.24) is 9.55 Å². The summed E-state index contributed by atoms with van der Waals surface area (Å²) in [5.41, 5.74) is -0.0511. The van der Waals surface area contributed by atoms with Gasteiger partial charge in [0, 0.05) is 17.4 Å². The van der Waals surface area contributed by atoms with Crippen molar-refractivity contribution < 1.29 is 14.6 Å². The van der Waals surface area contributed by atoms with Crippen molar-refractivity contribution >= 4 is 29.2 Å². The number of benzene rings is 1. The highest BCUT2D eigenvalue weighted by Crippen LogP contribution is 2.32. The maximum atomic E-state index is 11.2. The molecule has 0 spiro atoms. The molecule has 1 heterocycles. The first kappa shape index (κ1) is 14.7. The lowest BCUT2D eigenvalue weighted by Crippen LogP contribution is -2.11. The van der Waals surface area contributed by atoms with E-state index in [1.54, 1.807) is 6.20 Å². The first-order chi connectivity index (χ1) is 9.49. The number of carbonyl (C=O) groups is 1. The molecule has 0 amide bonds. The average molecular weight is 315 g/mol. The first-order valence-electron chi connectivity index (χ1n) is 5.82. The van der Waals surface area contributed by atoms with Crippen LogP contribution in [0.5, 0.6) is 5.75 Å². The predicted molar refractivity (Wildman–Crippen MR) is 75.9 cm³/mol. The number of ether oxygens (including phenoxy) is 1. The van der Waals surface area contributed by atoms with Gasteiger partial charge in [-0.15, -0.1) is 0 Å². The molecule has 0 unspecified atom stereocenters. The molecule has 1 N–H and O–H groups in total. The van der Waals surface area contributed by atoms with Crippen LogP contribution >= 0.6 is 23.2 Å². The zero-order valence-corrected chi connectivity index (χ0v) is 12.1. The first-order valence-corrected chi connectivity index (χ1v) is 6.57. The molecule has 7 heteroatoms. The summed E-state index contributed by atoms with van der Waals surface area (Å²) in [4.78, 5) is 15.2. The zero-order chi connectivity index (χ0) is 14.7. The van der Waals surface area contributed by atoms with Gasteiger partial charge in [-0.2, -0.15) is 0 Å². The molecule has 0 bridgehead atoms. The normalized spacial score (nSPS) is 10.6. The molecule has 0 aliphatic carbocycles. The van der Waals surface area contributed by atoms with Crippen LogP contribution in [0, 0.1) is 6.92 Å². The third-order valence-electron chi connectivity index (χ3n) is 2.74. The molecule has 0 aliphatic rings. The summed E-state index contributed by atoms with van der Waals surface area (Å²) in [6.45, 7) is 2.70. The third kappa shape index (κ3) is 3.23. The van der Waals surface area contributed by atoms with Crippen molar-refractivity contribution in [2.45, 2.75) is 13.5 Å². The van der Waals surface area contributed by atoms with E-state index in [9.17, 15) is 4.79 Å². The monoisotopic (exact) mass is 314 g/mol. The Hall–Kier alpha value is -1.72. The van der Waals surface area contributed by atoms with E-state index in [0.717, 1.165) is 5.82 Å². The van der Waals surface area contributed by atoms with Crippen LogP contribution in [0.15, 0.2) is 24.5 Å². The lowest BCUT2D eigenvalue weighted by Gasteiger charge is -2.12. The second-order valence-electron chi connectivity index (χ2n) is 4.09. The molecule has 1 aromatic carbocycles. The minimum absolute atomic E-state index is 0.0511. The SMILES string of the molecule is Cc1nccn1CCOc1c(Cl)cc(Cl)cc1C(=O)O. The molecule has 0 aliphatic heterocycles. The maximum Gasteiger partial charge on any atom is 0.339 e. The summed E-state index contributed by atoms with van der Waals surface area (Å²) < 4.78 is 7.39. The molecule has 0 atom stereocenters. The van der Waals surface area contributed by atoms with Gasteiger partial charge in [-0.05, 0) is 19.1 Å². The number of aryl methyl sites for hydroxylation is 1. The quantitative estimate of drug-likeness (QED) is 0.919. The smallest absolute Gasteiger partial charge is 0.339 e. The number of halogens is 2. The van der Waals surface area contributed by atoms with Gasteiger partial charge in [0.1, 0.15) is 18.0 Å². The number of rotatable bonds is 5. The van der Waals surface area contributed by atoms with E-state index in [1.807, 2.05) is 17.7 Å². The molecule has 5 nitrogen and oxygen atoms in total. The number of aromatic carboxylic acids is 1. The van der Waals surface area contributed by atoms with Gasteiger partial charge in [0.15, 0.2) is 5.75 Å². The second kappa shape index (κ2) is 6.15. The molecular formula is C13H12Cl2N2O3. The summed E-state index contributed by atoms with van der Waals surface area (Å²) in [5.74, 6) is -0.154. The van der Waals surface area contributed by atoms with Gasteiger partial charge >= 0.3 is 5.97 Å². The van der Waals surface area contributed by atoms with Gasteiger partial charge in [-0.25, -0.2) is 9.78 Å². The third-order valence-corrected chi connectivity index (χ3v) is 3.24. The molecule has 106 valence electrons. The van der Waals surface area contributed by atoms with Crippen molar-refractivity contribution in [3.05, 3.63) is 46.0 Å². The van der Waals surface area contributed by atoms with Gasteiger partial charge in [-0.3, -0.25) is 0 Å². The fourth-order valence-corrected chi connectivity index (χ4v) is 2.30. The number of aromatic nitrogens is 2. The van der Waals surface area contributed by atoms with Crippen LogP contribution < -0.4 is 4.74 Å². The van der Waals surface area contributed by atoms with E-state index >= 15 is 0 Å². The number of imidazole rings is 1. The van der Waals surface area contributed by atoms with E-state index in [-0.39, 0.29) is 28.0 Å². The van der Waals surface area contributed by atoms with Crippen LogP contribution in [0.1, 0.15) is 16.2 Å². The largest absolute Gasteiger partial charge is 0.489 e. The summed E-state index contributed by atoms with van der Waals surface area (Å²) in [7, 11) is 0. The van der Waals surface area contributed by atoms with Gasteiger partial charge < -0.3 is 14.4 Å². The molecule has 0 saturated carbocycles. The Morgan fingerprint density at radius 2 is 2.20 bits per heavy atom. The van der Waals surface area contributed by atoms with E-state index in [2.05, 4.69) is 4.98 Å². The second-order valence-corrected chi connectivity index (χ2v) is 4.93. The van der Waals surface area contributed by atoms with Gasteiger partial charge in [0.25, 0.3) is 0 Å². The van der Waals surface area contributed by atoms with E-state index in [0.29, 0.717) is 6.54 Å². The van der Waals surface area contributed by atoms with Crippen LogP contribution in [-0.4, -0.2) is 27.2 Å². The number of carboxylic acid groups (broad SMARTS) is 1. The Kier molecular flexibility index (Phi) is 4.52. The summed E-state index contributed by atoms with van der Waals surface area (Å²) in [6.07, 6.45) is 3.51.